The van der Waals surface area contributed by atoms with E-state index < -0.39 is 0 Å². The Balaban J connectivity index is 0.00000341. The molecule has 1 fully saturated rings. The average molecular weight is 419 g/mol. The molecule has 0 spiro atoms. The highest BCUT2D eigenvalue weighted by atomic mass is 16.6. The molecule has 2 amide bonds. The fraction of sp³-hybridized carbons (Fsp3) is 0.440. The van der Waals surface area contributed by atoms with Crippen molar-refractivity contribution in [3.8, 4) is 0 Å². The third kappa shape index (κ3) is 6.88. The van der Waals surface area contributed by atoms with Crippen molar-refractivity contribution in [2.24, 2.45) is 5.92 Å². The number of ether oxygens (including phenoxy) is 1. The van der Waals surface area contributed by atoms with Gasteiger partial charge in [0.2, 0.25) is 5.91 Å². The van der Waals surface area contributed by atoms with Crippen molar-refractivity contribution in [1.29, 1.82) is 0 Å². The van der Waals surface area contributed by atoms with E-state index in [1.807, 2.05) is 60.4 Å². The third-order valence-corrected chi connectivity index (χ3v) is 5.81. The van der Waals surface area contributed by atoms with Gasteiger partial charge in [-0.05, 0) is 36.8 Å². The van der Waals surface area contributed by atoms with Crippen LogP contribution in [0.4, 0.5) is 4.79 Å². The molecule has 31 heavy (non-hydrogen) atoms. The Kier molecular flexibility index (Phi) is 9.64. The van der Waals surface area contributed by atoms with Gasteiger partial charge >= 0.3 is 6.09 Å². The molecule has 1 saturated heterocycles. The Morgan fingerprint density at radius 3 is 2.39 bits per heavy atom. The van der Waals surface area contributed by atoms with Crippen molar-refractivity contribution in [3.63, 3.8) is 0 Å². The van der Waals surface area contributed by atoms with Gasteiger partial charge in [0.25, 0.3) is 0 Å². The van der Waals surface area contributed by atoms with Crippen LogP contribution in [0.15, 0.2) is 60.7 Å². The normalized spacial score (nSPS) is 16.7. The molecule has 1 heterocycles. The summed E-state index contributed by atoms with van der Waals surface area (Å²) in [6.45, 7) is 6.26. The van der Waals surface area contributed by atoms with Crippen molar-refractivity contribution in [3.05, 3.63) is 71.8 Å². The van der Waals surface area contributed by atoms with Crippen LogP contribution in [-0.4, -0.2) is 49.8 Å². The Labute approximate surface area is 188 Å². The molecule has 6 heteroatoms. The van der Waals surface area contributed by atoms with E-state index in [4.69, 9.17) is 4.74 Å². The molecule has 1 aliphatic rings. The second-order valence-electron chi connectivity index (χ2n) is 7.98. The number of likely N-dealkylation sites (tertiary alicyclic amines) is 1. The van der Waals surface area contributed by atoms with Crippen molar-refractivity contribution in [2.75, 3.05) is 19.6 Å². The molecule has 0 aliphatic carbocycles. The van der Waals surface area contributed by atoms with E-state index in [0.29, 0.717) is 26.1 Å². The number of piperidine rings is 1. The van der Waals surface area contributed by atoms with Gasteiger partial charge in [0, 0.05) is 34.5 Å². The minimum Gasteiger partial charge on any atom is -0.445 e. The van der Waals surface area contributed by atoms with Crippen LogP contribution in [0.5, 0.6) is 0 Å². The van der Waals surface area contributed by atoms with E-state index >= 15 is 0 Å². The SMILES string of the molecule is CCC(=O)N(CC1CCCN(C(=O)OCc2ccccc2)C1)C(C)c1ccccc1.[B]. The lowest BCUT2D eigenvalue weighted by Gasteiger charge is -2.37. The van der Waals surface area contributed by atoms with Gasteiger partial charge in [0.15, 0.2) is 0 Å². The fourth-order valence-corrected chi connectivity index (χ4v) is 4.06. The molecule has 0 bridgehead atoms. The van der Waals surface area contributed by atoms with E-state index in [9.17, 15) is 9.59 Å². The minimum absolute atomic E-state index is 0. The van der Waals surface area contributed by atoms with Crippen molar-refractivity contribution in [1.82, 2.24) is 9.80 Å². The molecule has 3 radical (unpaired) electrons. The van der Waals surface area contributed by atoms with Crippen LogP contribution < -0.4 is 0 Å². The van der Waals surface area contributed by atoms with Gasteiger partial charge in [0.1, 0.15) is 6.61 Å². The van der Waals surface area contributed by atoms with Crippen LogP contribution in [0.3, 0.4) is 0 Å². The Morgan fingerprint density at radius 2 is 1.74 bits per heavy atom. The number of benzene rings is 2. The van der Waals surface area contributed by atoms with E-state index in [1.165, 1.54) is 0 Å². The van der Waals surface area contributed by atoms with E-state index in [-0.39, 0.29) is 39.0 Å². The molecule has 0 N–H and O–H groups in total. The largest absolute Gasteiger partial charge is 0.445 e. The number of hydrogen-bond donors (Lipinski definition) is 0. The number of hydrogen-bond acceptors (Lipinski definition) is 3. The first-order chi connectivity index (χ1) is 14.6. The molecule has 3 rings (SSSR count). The topological polar surface area (TPSA) is 49.9 Å². The van der Waals surface area contributed by atoms with Crippen LogP contribution in [0.2, 0.25) is 0 Å². The highest BCUT2D eigenvalue weighted by Gasteiger charge is 2.29. The maximum Gasteiger partial charge on any atom is 0.410 e. The zero-order valence-corrected chi connectivity index (χ0v) is 18.6. The smallest absolute Gasteiger partial charge is 0.410 e. The summed E-state index contributed by atoms with van der Waals surface area (Å²) in [4.78, 5) is 29.0. The third-order valence-electron chi connectivity index (χ3n) is 5.81. The molecule has 2 atom stereocenters. The van der Waals surface area contributed by atoms with Crippen molar-refractivity contribution in [2.45, 2.75) is 45.8 Å². The van der Waals surface area contributed by atoms with Crippen LogP contribution in [0.1, 0.15) is 50.3 Å². The van der Waals surface area contributed by atoms with Crippen molar-refractivity contribution < 1.29 is 14.3 Å². The first-order valence-electron chi connectivity index (χ1n) is 10.9. The molecule has 2 unspecified atom stereocenters. The van der Waals surface area contributed by atoms with Crippen LogP contribution in [0, 0.1) is 5.92 Å². The van der Waals surface area contributed by atoms with Gasteiger partial charge in [-0.25, -0.2) is 4.79 Å². The molecule has 2 aromatic carbocycles. The first kappa shape index (κ1) is 24.5. The summed E-state index contributed by atoms with van der Waals surface area (Å²) in [5.74, 6) is 0.403. The molecular formula is C25H32BN2O3. The maximum atomic E-state index is 12.7. The predicted octanol–water partition coefficient (Wildman–Crippen LogP) is 4.65. The second kappa shape index (κ2) is 12.2. The second-order valence-corrected chi connectivity index (χ2v) is 7.98. The minimum atomic E-state index is -0.270. The van der Waals surface area contributed by atoms with Crippen LogP contribution >= 0.6 is 0 Å². The lowest BCUT2D eigenvalue weighted by atomic mass is 9.96. The zero-order valence-electron chi connectivity index (χ0n) is 18.6. The fourth-order valence-electron chi connectivity index (χ4n) is 4.06. The summed E-state index contributed by atoms with van der Waals surface area (Å²) in [6, 6.07) is 19.9. The molecule has 1 aliphatic heterocycles. The number of rotatable bonds is 7. The number of amides is 2. The summed E-state index contributed by atoms with van der Waals surface area (Å²) in [7, 11) is 0. The van der Waals surface area contributed by atoms with Gasteiger partial charge in [-0.3, -0.25) is 4.79 Å². The summed E-state index contributed by atoms with van der Waals surface area (Å²) in [6.07, 6.45) is 2.15. The molecule has 0 aromatic heterocycles. The summed E-state index contributed by atoms with van der Waals surface area (Å²) < 4.78 is 5.51. The quantitative estimate of drug-likeness (QED) is 0.614. The Bertz CT molecular complexity index is 816. The lowest BCUT2D eigenvalue weighted by Crippen LogP contribution is -2.45. The summed E-state index contributed by atoms with van der Waals surface area (Å²) in [5, 5.41) is 0. The number of nitrogens with zero attached hydrogens (tertiary/aromatic N) is 2. The standard InChI is InChI=1S/C25H32N2O3.B/c1-3-24(28)27(20(2)23-14-8-5-9-15-23)18-22-13-10-16-26(17-22)25(29)30-19-21-11-6-4-7-12-21;/h4-9,11-12,14-15,20,22H,3,10,13,16-19H2,1-2H3;. The van der Waals surface area contributed by atoms with Crippen LogP contribution in [-0.2, 0) is 16.1 Å². The van der Waals surface area contributed by atoms with E-state index in [0.717, 1.165) is 24.0 Å². The molecule has 163 valence electrons. The Hall–Kier alpha value is -2.76. The van der Waals surface area contributed by atoms with Gasteiger partial charge in [-0.2, -0.15) is 0 Å². The predicted molar refractivity (Wildman–Crippen MR) is 124 cm³/mol. The summed E-state index contributed by atoms with van der Waals surface area (Å²) in [5.41, 5.74) is 2.12. The van der Waals surface area contributed by atoms with Crippen molar-refractivity contribution >= 4 is 20.4 Å². The van der Waals surface area contributed by atoms with Gasteiger partial charge in [-0.15, -0.1) is 0 Å². The molecule has 0 saturated carbocycles. The van der Waals surface area contributed by atoms with E-state index in [2.05, 4.69) is 19.1 Å². The number of carbonyl (C=O) groups excluding carboxylic acids is 2. The van der Waals surface area contributed by atoms with Crippen LogP contribution in [0.25, 0.3) is 0 Å². The lowest BCUT2D eigenvalue weighted by molar-refractivity contribution is -0.134. The average Bonchev–Trinajstić information content (AvgIpc) is 2.81. The highest BCUT2D eigenvalue weighted by molar-refractivity contribution is 5.76. The molecular weight excluding hydrogens is 387 g/mol. The monoisotopic (exact) mass is 419 g/mol. The van der Waals surface area contributed by atoms with Gasteiger partial charge in [-0.1, -0.05) is 67.6 Å². The summed E-state index contributed by atoms with van der Waals surface area (Å²) >= 11 is 0. The van der Waals surface area contributed by atoms with Gasteiger partial charge in [0.05, 0.1) is 6.04 Å². The van der Waals surface area contributed by atoms with Gasteiger partial charge < -0.3 is 14.5 Å². The number of carbonyl (C=O) groups is 2. The molecule has 5 nitrogen and oxygen atoms in total. The maximum absolute atomic E-state index is 12.7. The Morgan fingerprint density at radius 1 is 1.10 bits per heavy atom. The molecule has 2 aromatic rings. The van der Waals surface area contributed by atoms with E-state index in [1.54, 1.807) is 4.90 Å². The zero-order chi connectivity index (χ0) is 21.3. The highest BCUT2D eigenvalue weighted by Crippen LogP contribution is 2.26. The first-order valence-corrected chi connectivity index (χ1v) is 10.9.